The number of halogens is 1. The average Bonchev–Trinajstić information content (AvgIpc) is 2.90. The fourth-order valence-corrected chi connectivity index (χ4v) is 3.64. The first-order valence-electron chi connectivity index (χ1n) is 6.90. The van der Waals surface area contributed by atoms with Gasteiger partial charge in [-0.05, 0) is 35.7 Å². The van der Waals surface area contributed by atoms with Crippen LogP contribution in [0.25, 0.3) is 0 Å². The monoisotopic (exact) mass is 319 g/mol. The first-order valence-corrected chi connectivity index (χ1v) is 7.71. The minimum atomic E-state index is -0.933. The lowest BCUT2D eigenvalue weighted by Gasteiger charge is -2.27. The molecule has 0 radical (unpaired) electrons. The Morgan fingerprint density at radius 3 is 2.86 bits per heavy atom. The third-order valence-electron chi connectivity index (χ3n) is 3.69. The smallest absolute Gasteiger partial charge is 0.345 e. The zero-order chi connectivity index (χ0) is 15.7. The number of rotatable bonds is 3. The quantitative estimate of drug-likeness (QED) is 0.946. The summed E-state index contributed by atoms with van der Waals surface area (Å²) < 4.78 is 13.2. The molecule has 0 saturated heterocycles. The van der Waals surface area contributed by atoms with E-state index in [9.17, 15) is 14.0 Å². The van der Waals surface area contributed by atoms with Gasteiger partial charge in [0.2, 0.25) is 5.91 Å². The minimum Gasteiger partial charge on any atom is -0.477 e. The van der Waals surface area contributed by atoms with Gasteiger partial charge in [0, 0.05) is 11.4 Å². The average molecular weight is 319 g/mol. The molecule has 2 aromatic rings. The number of amides is 1. The van der Waals surface area contributed by atoms with E-state index in [4.69, 9.17) is 5.11 Å². The summed E-state index contributed by atoms with van der Waals surface area (Å²) in [6.07, 6.45) is 0.818. The Hall–Kier alpha value is -2.21. The van der Waals surface area contributed by atoms with E-state index >= 15 is 0 Å². The highest BCUT2D eigenvalue weighted by atomic mass is 32.1. The zero-order valence-electron chi connectivity index (χ0n) is 11.7. The van der Waals surface area contributed by atoms with Gasteiger partial charge in [-0.15, -0.1) is 11.3 Å². The number of benzene rings is 1. The molecular weight excluding hydrogens is 305 g/mol. The predicted molar refractivity (Wildman–Crippen MR) is 80.5 cm³/mol. The number of carboxylic acids is 1. The highest BCUT2D eigenvalue weighted by Gasteiger charge is 2.24. The van der Waals surface area contributed by atoms with Gasteiger partial charge in [0.05, 0.1) is 13.0 Å². The molecule has 22 heavy (non-hydrogen) atoms. The van der Waals surface area contributed by atoms with Gasteiger partial charge in [-0.25, -0.2) is 9.18 Å². The van der Waals surface area contributed by atoms with Crippen molar-refractivity contribution in [1.29, 1.82) is 0 Å². The second-order valence-corrected chi connectivity index (χ2v) is 6.37. The molecule has 1 aliphatic heterocycles. The highest BCUT2D eigenvalue weighted by molar-refractivity contribution is 7.14. The van der Waals surface area contributed by atoms with Crippen LogP contribution in [0.2, 0.25) is 0 Å². The topological polar surface area (TPSA) is 57.6 Å². The molecule has 6 heteroatoms. The zero-order valence-corrected chi connectivity index (χ0v) is 12.5. The minimum absolute atomic E-state index is 0.0680. The van der Waals surface area contributed by atoms with Gasteiger partial charge in [0.15, 0.2) is 0 Å². The van der Waals surface area contributed by atoms with Gasteiger partial charge in [-0.1, -0.05) is 12.1 Å². The lowest BCUT2D eigenvalue weighted by Crippen LogP contribution is -2.36. The van der Waals surface area contributed by atoms with Gasteiger partial charge in [0.1, 0.15) is 10.7 Å². The molecule has 2 heterocycles. The number of carboxylic acid groups (broad SMARTS) is 1. The number of carbonyl (C=O) groups is 2. The van der Waals surface area contributed by atoms with Crippen molar-refractivity contribution in [3.8, 4) is 0 Å². The molecule has 114 valence electrons. The van der Waals surface area contributed by atoms with Crippen LogP contribution in [0, 0.1) is 5.82 Å². The summed E-state index contributed by atoms with van der Waals surface area (Å²) in [5.74, 6) is -1.35. The van der Waals surface area contributed by atoms with E-state index in [1.807, 2.05) is 0 Å². The molecule has 0 bridgehead atoms. The fraction of sp³-hybridized carbons (Fsp3) is 0.250. The second-order valence-electron chi connectivity index (χ2n) is 5.24. The molecule has 1 aromatic carbocycles. The summed E-state index contributed by atoms with van der Waals surface area (Å²) in [5, 5.41) is 9.02. The molecule has 1 aromatic heterocycles. The number of thiophene rings is 1. The lowest BCUT2D eigenvalue weighted by molar-refractivity contribution is -0.131. The maximum absolute atomic E-state index is 13.2. The SMILES string of the molecule is O=C(O)c1cc2c(s1)CN(C(=O)Cc1cccc(F)c1)CC2. The van der Waals surface area contributed by atoms with Crippen molar-refractivity contribution >= 4 is 23.2 Å². The number of hydrogen-bond acceptors (Lipinski definition) is 3. The molecule has 3 rings (SSSR count). The standard InChI is InChI=1S/C16H14FNO3S/c17-12-3-1-2-10(6-12)7-15(19)18-5-4-11-8-13(16(20)21)22-14(11)9-18/h1-3,6,8H,4-5,7,9H2,(H,20,21). The van der Waals surface area contributed by atoms with E-state index in [-0.39, 0.29) is 18.1 Å². The molecule has 0 saturated carbocycles. The Morgan fingerprint density at radius 2 is 2.14 bits per heavy atom. The fourth-order valence-electron chi connectivity index (χ4n) is 2.57. The maximum atomic E-state index is 13.2. The van der Waals surface area contributed by atoms with E-state index < -0.39 is 5.97 Å². The van der Waals surface area contributed by atoms with Crippen LogP contribution in [-0.4, -0.2) is 28.4 Å². The van der Waals surface area contributed by atoms with Crippen LogP contribution >= 0.6 is 11.3 Å². The number of carbonyl (C=O) groups excluding carboxylic acids is 1. The Kier molecular flexibility index (Phi) is 3.94. The molecule has 0 unspecified atom stereocenters. The molecule has 0 aliphatic carbocycles. The Balaban J connectivity index is 1.71. The van der Waals surface area contributed by atoms with Crippen molar-refractivity contribution in [2.24, 2.45) is 0 Å². The third-order valence-corrected chi connectivity index (χ3v) is 4.84. The summed E-state index contributed by atoms with van der Waals surface area (Å²) >= 11 is 1.22. The summed E-state index contributed by atoms with van der Waals surface area (Å²) in [7, 11) is 0. The van der Waals surface area contributed by atoms with Crippen molar-refractivity contribution in [1.82, 2.24) is 4.90 Å². The van der Waals surface area contributed by atoms with Gasteiger partial charge in [-0.3, -0.25) is 4.79 Å². The normalized spacial score (nSPS) is 13.8. The van der Waals surface area contributed by atoms with Gasteiger partial charge in [0.25, 0.3) is 0 Å². The van der Waals surface area contributed by atoms with Crippen molar-refractivity contribution in [3.63, 3.8) is 0 Å². The van der Waals surface area contributed by atoms with E-state index in [0.717, 1.165) is 10.4 Å². The van der Waals surface area contributed by atoms with Crippen molar-refractivity contribution in [3.05, 3.63) is 57.0 Å². The van der Waals surface area contributed by atoms with Crippen LogP contribution < -0.4 is 0 Å². The third kappa shape index (κ3) is 3.01. The number of fused-ring (bicyclic) bond motifs is 1. The van der Waals surface area contributed by atoms with Gasteiger partial charge < -0.3 is 10.0 Å². The number of aromatic carboxylic acids is 1. The van der Waals surface area contributed by atoms with E-state index in [1.54, 1.807) is 23.1 Å². The molecule has 1 N–H and O–H groups in total. The Morgan fingerprint density at radius 1 is 1.32 bits per heavy atom. The Labute approximate surface area is 130 Å². The summed E-state index contributed by atoms with van der Waals surface area (Å²) in [5.41, 5.74) is 1.66. The lowest BCUT2D eigenvalue weighted by atomic mass is 10.1. The highest BCUT2D eigenvalue weighted by Crippen LogP contribution is 2.28. The predicted octanol–water partition coefficient (Wildman–Crippen LogP) is 2.71. The van der Waals surface area contributed by atoms with Crippen LogP contribution in [0.5, 0.6) is 0 Å². The van der Waals surface area contributed by atoms with E-state index in [2.05, 4.69) is 0 Å². The first-order chi connectivity index (χ1) is 10.5. The molecule has 0 atom stereocenters. The molecule has 1 aliphatic rings. The molecule has 4 nitrogen and oxygen atoms in total. The largest absolute Gasteiger partial charge is 0.477 e. The van der Waals surface area contributed by atoms with Crippen molar-refractivity contribution in [2.75, 3.05) is 6.54 Å². The van der Waals surface area contributed by atoms with Crippen LogP contribution in [-0.2, 0) is 24.2 Å². The number of hydrogen-bond donors (Lipinski definition) is 1. The van der Waals surface area contributed by atoms with Crippen LogP contribution in [0.3, 0.4) is 0 Å². The van der Waals surface area contributed by atoms with E-state index in [0.29, 0.717) is 30.0 Å². The summed E-state index contributed by atoms with van der Waals surface area (Å²) in [6, 6.07) is 7.71. The van der Waals surface area contributed by atoms with Crippen LogP contribution in [0.15, 0.2) is 30.3 Å². The molecular formula is C16H14FNO3S. The van der Waals surface area contributed by atoms with Crippen molar-refractivity contribution in [2.45, 2.75) is 19.4 Å². The van der Waals surface area contributed by atoms with Gasteiger partial charge >= 0.3 is 5.97 Å². The molecule has 0 spiro atoms. The summed E-state index contributed by atoms with van der Waals surface area (Å²) in [4.78, 5) is 26.3. The maximum Gasteiger partial charge on any atom is 0.345 e. The van der Waals surface area contributed by atoms with E-state index in [1.165, 1.54) is 23.5 Å². The van der Waals surface area contributed by atoms with Crippen LogP contribution in [0.1, 0.15) is 25.7 Å². The molecule has 1 amide bonds. The first kappa shape index (κ1) is 14.7. The van der Waals surface area contributed by atoms with Crippen LogP contribution in [0.4, 0.5) is 4.39 Å². The number of nitrogens with zero attached hydrogens (tertiary/aromatic N) is 1. The Bertz CT molecular complexity index is 741. The summed E-state index contributed by atoms with van der Waals surface area (Å²) in [6.45, 7) is 0.998. The van der Waals surface area contributed by atoms with Gasteiger partial charge in [-0.2, -0.15) is 0 Å². The second kappa shape index (κ2) is 5.88. The molecule has 0 fully saturated rings. The van der Waals surface area contributed by atoms with Crippen molar-refractivity contribution < 1.29 is 19.1 Å².